The van der Waals surface area contributed by atoms with Crippen molar-refractivity contribution in [2.75, 3.05) is 0 Å². The number of benzene rings is 8. The molecule has 0 amide bonds. The molecule has 0 N–H and O–H groups in total. The van der Waals surface area contributed by atoms with Crippen molar-refractivity contribution in [2.45, 2.75) is 0 Å². The average molecular weight is 845 g/mol. The Morgan fingerprint density at radius 2 is 0.697 bits per heavy atom. The number of aromatic nitrogens is 8. The Balaban J connectivity index is 1.09. The zero-order valence-electron chi connectivity index (χ0n) is 35.4. The van der Waals surface area contributed by atoms with Crippen LogP contribution in [0.1, 0.15) is 0 Å². The topological polar surface area (TPSA) is 86.7 Å². The van der Waals surface area contributed by atoms with Crippen molar-refractivity contribution in [1.82, 2.24) is 38.9 Å². The highest BCUT2D eigenvalue weighted by Crippen LogP contribution is 2.39. The molecule has 0 aliphatic rings. The monoisotopic (exact) mass is 844 g/mol. The van der Waals surface area contributed by atoms with Crippen molar-refractivity contribution in [1.29, 1.82) is 0 Å². The van der Waals surface area contributed by atoms with Crippen molar-refractivity contribution in [3.05, 3.63) is 218 Å². The summed E-state index contributed by atoms with van der Waals surface area (Å²) in [5.41, 5.74) is 14.8. The molecule has 8 nitrogen and oxygen atoms in total. The van der Waals surface area contributed by atoms with E-state index >= 15 is 0 Å². The minimum Gasteiger partial charge on any atom is -0.279 e. The van der Waals surface area contributed by atoms with E-state index < -0.39 is 0 Å². The molecule has 0 saturated heterocycles. The maximum atomic E-state index is 5.46. The lowest BCUT2D eigenvalue weighted by molar-refractivity contribution is 0.979. The SMILES string of the molecule is c1ccc(-c2cc(-c3ccc4c(c3)c3cc(-c5cc(-c6ccccc6)nc(-c6ccccc6)n5)ccc3n4-c3nc4ccccc4c4nc5ccccc5n34)nc(-c3ccccc3)n2)cc1. The van der Waals surface area contributed by atoms with Gasteiger partial charge in [-0.2, -0.15) is 0 Å². The lowest BCUT2D eigenvalue weighted by atomic mass is 10.0. The first-order valence-electron chi connectivity index (χ1n) is 22.0. The van der Waals surface area contributed by atoms with Crippen molar-refractivity contribution in [3.8, 4) is 73.8 Å². The highest BCUT2D eigenvalue weighted by Gasteiger charge is 2.22. The Morgan fingerprint density at radius 1 is 0.273 bits per heavy atom. The third-order valence-corrected chi connectivity index (χ3v) is 12.3. The minimum absolute atomic E-state index is 0.665. The van der Waals surface area contributed by atoms with Gasteiger partial charge in [-0.05, 0) is 60.7 Å². The van der Waals surface area contributed by atoms with Gasteiger partial charge in [-0.1, -0.05) is 158 Å². The molecule has 5 aromatic heterocycles. The molecule has 13 rings (SSSR count). The summed E-state index contributed by atoms with van der Waals surface area (Å²) in [7, 11) is 0. The molecule has 0 aliphatic carbocycles. The summed E-state index contributed by atoms with van der Waals surface area (Å²) in [5.74, 6) is 2.08. The van der Waals surface area contributed by atoms with Crippen molar-refractivity contribution in [2.24, 2.45) is 0 Å². The van der Waals surface area contributed by atoms with Gasteiger partial charge in [0.1, 0.15) is 5.65 Å². The quantitative estimate of drug-likeness (QED) is 0.159. The van der Waals surface area contributed by atoms with E-state index in [0.717, 1.165) is 111 Å². The van der Waals surface area contributed by atoms with E-state index in [-0.39, 0.29) is 0 Å². The van der Waals surface area contributed by atoms with E-state index in [2.05, 4.69) is 136 Å². The predicted molar refractivity (Wildman–Crippen MR) is 266 cm³/mol. The minimum atomic E-state index is 0.665. The lowest BCUT2D eigenvalue weighted by Gasteiger charge is -2.13. The summed E-state index contributed by atoms with van der Waals surface area (Å²) in [6.07, 6.45) is 0. The van der Waals surface area contributed by atoms with Crippen LogP contribution in [0, 0.1) is 0 Å². The molecule has 0 fully saturated rings. The van der Waals surface area contributed by atoms with E-state index in [1.54, 1.807) is 0 Å². The summed E-state index contributed by atoms with van der Waals surface area (Å²) >= 11 is 0. The van der Waals surface area contributed by atoms with Crippen LogP contribution < -0.4 is 0 Å². The molecule has 0 radical (unpaired) electrons. The Kier molecular flexibility index (Phi) is 8.67. The molecule has 0 saturated carbocycles. The molecule has 5 heterocycles. The van der Waals surface area contributed by atoms with E-state index in [9.17, 15) is 0 Å². The fourth-order valence-corrected chi connectivity index (χ4v) is 9.17. The third-order valence-electron chi connectivity index (χ3n) is 12.3. The Morgan fingerprint density at radius 3 is 1.21 bits per heavy atom. The van der Waals surface area contributed by atoms with Crippen LogP contribution in [0.5, 0.6) is 0 Å². The van der Waals surface area contributed by atoms with E-state index in [1.807, 2.05) is 91.0 Å². The van der Waals surface area contributed by atoms with Crippen LogP contribution in [-0.4, -0.2) is 38.9 Å². The van der Waals surface area contributed by atoms with Gasteiger partial charge in [0.25, 0.3) is 0 Å². The van der Waals surface area contributed by atoms with Crippen LogP contribution in [-0.2, 0) is 0 Å². The number of nitrogens with zero attached hydrogens (tertiary/aromatic N) is 8. The molecule has 0 spiro atoms. The zero-order valence-corrected chi connectivity index (χ0v) is 35.4. The smallest absolute Gasteiger partial charge is 0.221 e. The molecule has 8 heteroatoms. The van der Waals surface area contributed by atoms with Crippen LogP contribution in [0.4, 0.5) is 0 Å². The number of para-hydroxylation sites is 3. The highest BCUT2D eigenvalue weighted by atomic mass is 15.2. The largest absolute Gasteiger partial charge is 0.279 e. The molecule has 0 atom stereocenters. The summed E-state index contributed by atoms with van der Waals surface area (Å²) in [6, 6.07) is 74.9. The second-order valence-electron chi connectivity index (χ2n) is 16.4. The lowest BCUT2D eigenvalue weighted by Crippen LogP contribution is -2.06. The number of hydrogen-bond acceptors (Lipinski definition) is 6. The third kappa shape index (κ3) is 6.31. The van der Waals surface area contributed by atoms with Gasteiger partial charge in [0.15, 0.2) is 11.6 Å². The van der Waals surface area contributed by atoms with Crippen LogP contribution in [0.2, 0.25) is 0 Å². The normalized spacial score (nSPS) is 11.6. The average Bonchev–Trinajstić information content (AvgIpc) is 3.95. The molecule has 8 aromatic carbocycles. The fraction of sp³-hybridized carbons (Fsp3) is 0. The Labute approximate surface area is 378 Å². The number of rotatable bonds is 7. The van der Waals surface area contributed by atoms with Crippen molar-refractivity contribution >= 4 is 49.4 Å². The molecule has 0 aliphatic heterocycles. The Bertz CT molecular complexity index is 3680. The first-order chi connectivity index (χ1) is 32.7. The number of fused-ring (bicyclic) bond motifs is 8. The van der Waals surface area contributed by atoms with Gasteiger partial charge < -0.3 is 0 Å². The second kappa shape index (κ2) is 15.3. The fourth-order valence-electron chi connectivity index (χ4n) is 9.17. The van der Waals surface area contributed by atoms with Gasteiger partial charge >= 0.3 is 0 Å². The predicted octanol–water partition coefficient (Wildman–Crippen LogP) is 13.7. The van der Waals surface area contributed by atoms with Gasteiger partial charge in [-0.15, -0.1) is 0 Å². The molecule has 0 unspecified atom stereocenters. The summed E-state index contributed by atoms with van der Waals surface area (Å²) in [6.45, 7) is 0. The highest BCUT2D eigenvalue weighted by molar-refractivity contribution is 6.12. The Hall–Kier alpha value is -9.14. The van der Waals surface area contributed by atoms with E-state index in [0.29, 0.717) is 11.6 Å². The summed E-state index contributed by atoms with van der Waals surface area (Å²) in [5, 5.41) is 3.07. The second-order valence-corrected chi connectivity index (χ2v) is 16.4. The molecule has 13 aromatic rings. The molecular weight excluding hydrogens is 809 g/mol. The van der Waals surface area contributed by atoms with Gasteiger partial charge in [-0.25, -0.2) is 29.9 Å². The number of hydrogen-bond donors (Lipinski definition) is 0. The van der Waals surface area contributed by atoms with E-state index in [4.69, 9.17) is 29.9 Å². The summed E-state index contributed by atoms with van der Waals surface area (Å²) < 4.78 is 4.48. The van der Waals surface area contributed by atoms with E-state index in [1.165, 1.54) is 0 Å². The van der Waals surface area contributed by atoms with Gasteiger partial charge in [0, 0.05) is 49.5 Å². The first-order valence-corrected chi connectivity index (χ1v) is 22.0. The molecular formula is C58H36N8. The van der Waals surface area contributed by atoms with Gasteiger partial charge in [-0.3, -0.25) is 8.97 Å². The maximum Gasteiger partial charge on any atom is 0.221 e. The molecule has 308 valence electrons. The van der Waals surface area contributed by atoms with Crippen molar-refractivity contribution < 1.29 is 0 Å². The van der Waals surface area contributed by atoms with Gasteiger partial charge in [0.05, 0.1) is 50.4 Å². The maximum absolute atomic E-state index is 5.46. The molecule has 66 heavy (non-hydrogen) atoms. The van der Waals surface area contributed by atoms with Gasteiger partial charge in [0.2, 0.25) is 5.95 Å². The van der Waals surface area contributed by atoms with Crippen LogP contribution in [0.3, 0.4) is 0 Å². The van der Waals surface area contributed by atoms with Crippen LogP contribution >= 0.6 is 0 Å². The number of imidazole rings is 1. The molecule has 0 bridgehead atoms. The summed E-state index contributed by atoms with van der Waals surface area (Å²) in [4.78, 5) is 31.3. The first kappa shape index (κ1) is 37.4. The van der Waals surface area contributed by atoms with Crippen LogP contribution in [0.15, 0.2) is 218 Å². The zero-order chi connectivity index (χ0) is 43.6. The standard InChI is InChI=1S/C58H36N8/c1-5-17-37(18-6-1)48-35-50(61-55(59-48)39-21-9-3-10-22-39)41-29-31-52-44(33-41)45-34-42(51-36-49(38-19-7-2-8-20-38)60-56(62-51)40-23-11-4-12-24-40)30-32-53(45)65(52)58-64-46-26-14-13-25-43(46)57-63-47-27-15-16-28-54(47)66(57)58/h1-36H. The van der Waals surface area contributed by atoms with Crippen LogP contribution in [0.25, 0.3) is 123 Å². The van der Waals surface area contributed by atoms with Crippen molar-refractivity contribution in [3.63, 3.8) is 0 Å².